The molecular formula is C54H57ClFN11O6. The first-order valence-electron chi connectivity index (χ1n) is 25.3. The van der Waals surface area contributed by atoms with Crippen LogP contribution in [-0.4, -0.2) is 167 Å². The van der Waals surface area contributed by atoms with E-state index in [1.165, 1.54) is 0 Å². The SMILES string of the molecule is C#Cc1cccc2cccc(-c3ncc4c(N5CC6CCC(C5)N6)nc(OC[C@@H]5C[C@H](N6CCN(C(=O)C7CCN(c8ccc9c(c8)C(=O)N(C8CCC(=O)NC8=O)C9=O)CC7)CC6)CN5C)nc4c3F)c12.Cl. The Hall–Kier alpha value is -6.78. The van der Waals surface area contributed by atoms with Crippen molar-refractivity contribution in [1.29, 1.82) is 0 Å². The van der Waals surface area contributed by atoms with Crippen molar-refractivity contribution in [3.8, 4) is 29.6 Å². The number of halogens is 2. The molecule has 5 amide bonds. The molecule has 19 heteroatoms. The molecule has 6 saturated heterocycles. The van der Waals surface area contributed by atoms with E-state index in [0.29, 0.717) is 80.0 Å². The number of rotatable bonds is 9. The van der Waals surface area contributed by atoms with E-state index in [1.807, 2.05) is 47.4 Å². The largest absolute Gasteiger partial charge is 0.462 e. The molecule has 5 atom stereocenters. The van der Waals surface area contributed by atoms with Gasteiger partial charge in [-0.3, -0.25) is 49.0 Å². The lowest BCUT2D eigenvalue weighted by atomic mass is 9.94. The number of nitrogens with one attached hydrogen (secondary N) is 2. The number of pyridine rings is 1. The Morgan fingerprint density at radius 3 is 2.33 bits per heavy atom. The lowest BCUT2D eigenvalue weighted by Crippen LogP contribution is -2.54. The van der Waals surface area contributed by atoms with Gasteiger partial charge < -0.3 is 24.8 Å². The van der Waals surface area contributed by atoms with Crippen molar-refractivity contribution >= 4 is 75.1 Å². The number of piperidine rings is 2. The molecule has 0 radical (unpaired) electrons. The van der Waals surface area contributed by atoms with Gasteiger partial charge in [0.15, 0.2) is 5.82 Å². The fraction of sp³-hybridized carbons (Fsp3) is 0.444. The highest BCUT2D eigenvalue weighted by atomic mass is 35.5. The highest BCUT2D eigenvalue weighted by Gasteiger charge is 2.45. The molecule has 7 aliphatic heterocycles. The number of amides is 5. The molecule has 0 spiro atoms. The molecule has 3 unspecified atom stereocenters. The Morgan fingerprint density at radius 1 is 0.849 bits per heavy atom. The Labute approximate surface area is 428 Å². The quantitative estimate of drug-likeness (QED) is 0.158. The van der Waals surface area contributed by atoms with Crippen LogP contribution in [0.1, 0.15) is 71.2 Å². The number of ether oxygens (including phenoxy) is 1. The second kappa shape index (κ2) is 19.6. The molecule has 3 aromatic carbocycles. The van der Waals surface area contributed by atoms with E-state index in [4.69, 9.17) is 26.1 Å². The number of imide groups is 2. The van der Waals surface area contributed by atoms with Crippen molar-refractivity contribution < 1.29 is 33.1 Å². The number of likely N-dealkylation sites (N-methyl/N-ethyl adjacent to an activating group) is 1. The van der Waals surface area contributed by atoms with Gasteiger partial charge in [-0.25, -0.2) is 4.39 Å². The van der Waals surface area contributed by atoms with Gasteiger partial charge in [-0.2, -0.15) is 9.97 Å². The van der Waals surface area contributed by atoms with Gasteiger partial charge in [-0.15, -0.1) is 18.8 Å². The maximum atomic E-state index is 17.1. The molecule has 7 aliphatic rings. The average molecular weight is 1010 g/mol. The summed E-state index contributed by atoms with van der Waals surface area (Å²) in [6.45, 7) is 6.76. The van der Waals surface area contributed by atoms with Crippen LogP contribution in [0.5, 0.6) is 6.01 Å². The molecule has 0 aliphatic carbocycles. The fourth-order valence-electron chi connectivity index (χ4n) is 12.4. The van der Waals surface area contributed by atoms with Crippen LogP contribution in [0.2, 0.25) is 0 Å². The molecule has 5 aromatic rings. The average Bonchev–Trinajstić information content (AvgIpc) is 4.04. The van der Waals surface area contributed by atoms with E-state index in [-0.39, 0.29) is 77.5 Å². The number of hydrogen-bond donors (Lipinski definition) is 2. The summed E-state index contributed by atoms with van der Waals surface area (Å²) in [5.41, 5.74) is 2.89. The van der Waals surface area contributed by atoms with E-state index < -0.39 is 35.5 Å². The van der Waals surface area contributed by atoms with E-state index in [1.54, 1.807) is 18.3 Å². The number of hydrogen-bond acceptors (Lipinski definition) is 14. The topological polar surface area (TPSA) is 177 Å². The van der Waals surface area contributed by atoms with E-state index >= 15 is 4.39 Å². The molecule has 6 fully saturated rings. The number of piperazine rings is 2. The molecule has 17 nitrogen and oxygen atoms in total. The summed E-state index contributed by atoms with van der Waals surface area (Å²) >= 11 is 0. The van der Waals surface area contributed by atoms with Crippen LogP contribution in [0.25, 0.3) is 32.9 Å². The van der Waals surface area contributed by atoms with E-state index in [2.05, 4.69) is 43.2 Å². The summed E-state index contributed by atoms with van der Waals surface area (Å²) in [5, 5.41) is 8.13. The maximum Gasteiger partial charge on any atom is 0.319 e. The van der Waals surface area contributed by atoms with Crippen LogP contribution in [0.15, 0.2) is 60.8 Å². The summed E-state index contributed by atoms with van der Waals surface area (Å²) in [7, 11) is 2.10. The van der Waals surface area contributed by atoms with Gasteiger partial charge in [0, 0.05) is 124 Å². The van der Waals surface area contributed by atoms with Crippen molar-refractivity contribution in [1.82, 2.24) is 45.2 Å². The van der Waals surface area contributed by atoms with Crippen molar-refractivity contribution in [2.45, 2.75) is 75.2 Å². The molecular weight excluding hydrogens is 953 g/mol. The Morgan fingerprint density at radius 2 is 1.59 bits per heavy atom. The summed E-state index contributed by atoms with van der Waals surface area (Å²) in [4.78, 5) is 91.4. The van der Waals surface area contributed by atoms with Crippen LogP contribution >= 0.6 is 12.4 Å². The van der Waals surface area contributed by atoms with Crippen LogP contribution in [0.3, 0.4) is 0 Å². The number of carbonyl (C=O) groups excluding carboxylic acids is 5. The molecule has 2 aromatic heterocycles. The fourth-order valence-corrected chi connectivity index (χ4v) is 12.4. The maximum absolute atomic E-state index is 17.1. The van der Waals surface area contributed by atoms with Crippen molar-refractivity contribution in [2.24, 2.45) is 5.92 Å². The summed E-state index contributed by atoms with van der Waals surface area (Å²) in [6, 6.07) is 16.7. The van der Waals surface area contributed by atoms with Crippen molar-refractivity contribution in [3.63, 3.8) is 0 Å². The Balaban J connectivity index is 0.00000574. The van der Waals surface area contributed by atoms with Gasteiger partial charge in [0.2, 0.25) is 17.7 Å². The second-order valence-corrected chi connectivity index (χ2v) is 20.5. The zero-order valence-electron chi connectivity index (χ0n) is 40.6. The molecule has 9 heterocycles. The van der Waals surface area contributed by atoms with Gasteiger partial charge in [0.05, 0.1) is 16.5 Å². The first-order valence-corrected chi connectivity index (χ1v) is 25.3. The number of nitrogens with zero attached hydrogens (tertiary/aromatic N) is 9. The molecule has 73 heavy (non-hydrogen) atoms. The number of aromatic nitrogens is 3. The van der Waals surface area contributed by atoms with Crippen LogP contribution < -0.4 is 25.2 Å². The normalized spacial score (nSPS) is 24.8. The van der Waals surface area contributed by atoms with Crippen molar-refractivity contribution in [3.05, 3.63) is 83.3 Å². The van der Waals surface area contributed by atoms with Gasteiger partial charge in [-0.05, 0) is 75.2 Å². The number of likely N-dealkylation sites (tertiary alicyclic amines) is 1. The highest BCUT2D eigenvalue weighted by molar-refractivity contribution is 6.23. The third kappa shape index (κ3) is 8.79. The lowest BCUT2D eigenvalue weighted by Gasteiger charge is -2.40. The molecule has 2 N–H and O–H groups in total. The zero-order valence-corrected chi connectivity index (χ0v) is 41.4. The van der Waals surface area contributed by atoms with E-state index in [9.17, 15) is 24.0 Å². The number of anilines is 2. The van der Waals surface area contributed by atoms with Gasteiger partial charge >= 0.3 is 6.01 Å². The predicted octanol–water partition coefficient (Wildman–Crippen LogP) is 4.24. The van der Waals surface area contributed by atoms with Crippen LogP contribution in [0, 0.1) is 24.1 Å². The first-order chi connectivity index (χ1) is 35.0. The Kier molecular flexibility index (Phi) is 13.0. The first kappa shape index (κ1) is 48.5. The minimum absolute atomic E-state index is 0. The predicted molar refractivity (Wildman–Crippen MR) is 274 cm³/mol. The van der Waals surface area contributed by atoms with Gasteiger partial charge in [-0.1, -0.05) is 36.3 Å². The number of carbonyl (C=O) groups is 5. The monoisotopic (exact) mass is 1010 g/mol. The molecule has 0 saturated carbocycles. The second-order valence-electron chi connectivity index (χ2n) is 20.5. The third-order valence-corrected chi connectivity index (χ3v) is 16.3. The zero-order chi connectivity index (χ0) is 49.4. The molecule has 2 bridgehead atoms. The Bertz CT molecular complexity index is 3100. The van der Waals surface area contributed by atoms with Gasteiger partial charge in [0.25, 0.3) is 11.8 Å². The molecule has 12 rings (SSSR count). The number of terminal acetylenes is 1. The lowest BCUT2D eigenvalue weighted by molar-refractivity contribution is -0.138. The summed E-state index contributed by atoms with van der Waals surface area (Å²) < 4.78 is 23.6. The summed E-state index contributed by atoms with van der Waals surface area (Å²) in [5.74, 6) is 0.800. The summed E-state index contributed by atoms with van der Waals surface area (Å²) in [6.07, 6.45) is 12.1. The standard InChI is InChI=1S/C54H56FN11O6.ClH/c1-3-31-6-4-7-32-8-5-9-40(45(31)32)47-46(55)48-42(26-56-47)49(65-27-34-10-11-35(28-65)57-34)60-54(59-48)72-30-38-24-37(29-61(38)2)63-20-22-64(23-21-63)51(69)33-16-18-62(19-17-33)36-12-13-39-41(25-36)53(71)66(52(39)70)43-14-15-44(67)58-50(43)68;/h1,4-9,12-13,25-26,33-35,37-38,43,57H,10-11,14-24,27-30H2,2H3,(H,58,67,68);1H/t34?,35?,37-,38-,43?;/m0./s1. The van der Waals surface area contributed by atoms with Crippen LogP contribution in [-0.2, 0) is 14.4 Å². The third-order valence-electron chi connectivity index (χ3n) is 16.3. The van der Waals surface area contributed by atoms with Crippen LogP contribution in [0.4, 0.5) is 15.9 Å². The number of fused-ring (bicyclic) bond motifs is 5. The minimum Gasteiger partial charge on any atom is -0.462 e. The highest BCUT2D eigenvalue weighted by Crippen LogP contribution is 2.38. The van der Waals surface area contributed by atoms with Gasteiger partial charge in [0.1, 0.15) is 29.7 Å². The minimum atomic E-state index is -1.02. The van der Waals surface area contributed by atoms with Crippen molar-refractivity contribution in [2.75, 3.05) is 82.4 Å². The van der Waals surface area contributed by atoms with E-state index in [0.717, 1.165) is 73.3 Å². The smallest absolute Gasteiger partial charge is 0.319 e. The number of benzene rings is 3. The molecule has 378 valence electrons.